The summed E-state index contributed by atoms with van der Waals surface area (Å²) in [5.41, 5.74) is -0.0779. The molecule has 2 heterocycles. The molecule has 5 nitrogen and oxygen atoms in total. The van der Waals surface area contributed by atoms with Gasteiger partial charge in [-0.1, -0.05) is 39.3 Å². The summed E-state index contributed by atoms with van der Waals surface area (Å²) in [7, 11) is 0. The normalized spacial score (nSPS) is 19.6. The van der Waals surface area contributed by atoms with Crippen LogP contribution in [0.25, 0.3) is 0 Å². The lowest BCUT2D eigenvalue weighted by Crippen LogP contribution is -2.45. The summed E-state index contributed by atoms with van der Waals surface area (Å²) in [6.45, 7) is 12.7. The number of rotatable bonds is 4. The molecule has 108 valence electrons. The lowest BCUT2D eigenvalue weighted by atomic mass is 9.97. The first-order valence-corrected chi connectivity index (χ1v) is 7.31. The second-order valence-electron chi connectivity index (χ2n) is 6.30. The molecular weight excluding hydrogens is 240 g/mol. The molecule has 1 N–H and O–H groups in total. The van der Waals surface area contributed by atoms with Gasteiger partial charge in [-0.15, -0.1) is 0 Å². The number of hydrogen-bond acceptors (Lipinski definition) is 5. The molecule has 1 aliphatic heterocycles. The van der Waals surface area contributed by atoms with E-state index in [1.807, 2.05) is 0 Å². The number of piperazine rings is 1. The van der Waals surface area contributed by atoms with Crippen LogP contribution in [0.1, 0.15) is 58.3 Å². The van der Waals surface area contributed by atoms with Gasteiger partial charge in [0.1, 0.15) is 0 Å². The summed E-state index contributed by atoms with van der Waals surface area (Å²) >= 11 is 0. The van der Waals surface area contributed by atoms with Crippen LogP contribution in [0.4, 0.5) is 0 Å². The number of nitrogens with zero attached hydrogens (tertiary/aromatic N) is 3. The van der Waals surface area contributed by atoms with Crippen LogP contribution in [-0.2, 0) is 5.41 Å². The van der Waals surface area contributed by atoms with Gasteiger partial charge in [-0.25, -0.2) is 0 Å². The lowest BCUT2D eigenvalue weighted by molar-refractivity contribution is 0.155. The van der Waals surface area contributed by atoms with Crippen LogP contribution in [0, 0.1) is 0 Å². The zero-order valence-electron chi connectivity index (χ0n) is 12.6. The Labute approximate surface area is 115 Å². The number of hydrogen-bond donors (Lipinski definition) is 1. The van der Waals surface area contributed by atoms with Gasteiger partial charge in [-0.2, -0.15) is 4.98 Å². The number of nitrogens with one attached hydrogen (secondary N) is 1. The Morgan fingerprint density at radius 1 is 1.32 bits per heavy atom. The van der Waals surface area contributed by atoms with Gasteiger partial charge in [0.15, 0.2) is 5.82 Å². The smallest absolute Gasteiger partial charge is 0.232 e. The van der Waals surface area contributed by atoms with Crippen molar-refractivity contribution in [1.82, 2.24) is 20.4 Å². The van der Waals surface area contributed by atoms with Crippen LogP contribution < -0.4 is 5.32 Å². The Bertz CT molecular complexity index is 390. The molecule has 0 bridgehead atoms. The molecule has 19 heavy (non-hydrogen) atoms. The molecule has 1 aromatic heterocycles. The highest BCUT2D eigenvalue weighted by Gasteiger charge is 2.28. The van der Waals surface area contributed by atoms with E-state index in [1.165, 1.54) is 0 Å². The molecule has 1 atom stereocenters. The Kier molecular flexibility index (Phi) is 4.58. The fourth-order valence-electron chi connectivity index (χ4n) is 2.42. The summed E-state index contributed by atoms with van der Waals surface area (Å²) in [6.07, 6.45) is 2.22. The van der Waals surface area contributed by atoms with Gasteiger partial charge >= 0.3 is 0 Å². The van der Waals surface area contributed by atoms with E-state index < -0.39 is 0 Å². The molecular formula is C14H26N4O. The summed E-state index contributed by atoms with van der Waals surface area (Å²) in [4.78, 5) is 7.11. The lowest BCUT2D eigenvalue weighted by Gasteiger charge is -2.33. The van der Waals surface area contributed by atoms with E-state index in [0.717, 1.165) is 50.7 Å². The Balaban J connectivity index is 2.16. The van der Waals surface area contributed by atoms with E-state index in [0.29, 0.717) is 6.04 Å². The monoisotopic (exact) mass is 266 g/mol. The minimum Gasteiger partial charge on any atom is -0.339 e. The highest BCUT2D eigenvalue weighted by Crippen LogP contribution is 2.27. The van der Waals surface area contributed by atoms with E-state index in [1.54, 1.807) is 0 Å². The minimum absolute atomic E-state index is 0.0779. The van der Waals surface area contributed by atoms with Crippen LogP contribution in [0.5, 0.6) is 0 Å². The summed E-state index contributed by atoms with van der Waals surface area (Å²) in [5.74, 6) is 1.59. The molecule has 0 spiro atoms. The Morgan fingerprint density at radius 2 is 2.00 bits per heavy atom. The molecule has 0 amide bonds. The zero-order chi connectivity index (χ0) is 13.9. The second kappa shape index (κ2) is 6.01. The third-order valence-corrected chi connectivity index (χ3v) is 3.54. The largest absolute Gasteiger partial charge is 0.339 e. The standard InChI is InChI=1S/C14H26N4O/c1-5-6-11(18-9-7-15-8-10-18)12-16-13(19-17-12)14(2,3)4/h11,15H,5-10H2,1-4H3. The average molecular weight is 266 g/mol. The highest BCUT2D eigenvalue weighted by molar-refractivity contribution is 5.02. The molecule has 1 aliphatic rings. The highest BCUT2D eigenvalue weighted by atomic mass is 16.5. The Hall–Kier alpha value is -0.940. The molecule has 1 unspecified atom stereocenters. The zero-order valence-corrected chi connectivity index (χ0v) is 12.6. The van der Waals surface area contributed by atoms with Crippen molar-refractivity contribution in [3.63, 3.8) is 0 Å². The summed E-state index contributed by atoms with van der Waals surface area (Å²) in [6, 6.07) is 0.298. The van der Waals surface area contributed by atoms with Crippen molar-refractivity contribution >= 4 is 0 Å². The SMILES string of the molecule is CCCC(c1noc(C(C)(C)C)n1)N1CCNCC1. The van der Waals surface area contributed by atoms with E-state index >= 15 is 0 Å². The molecule has 1 fully saturated rings. The van der Waals surface area contributed by atoms with Gasteiger partial charge in [-0.05, 0) is 6.42 Å². The molecule has 2 rings (SSSR count). The fourth-order valence-corrected chi connectivity index (χ4v) is 2.42. The van der Waals surface area contributed by atoms with Crippen LogP contribution in [0.3, 0.4) is 0 Å². The first kappa shape index (κ1) is 14.5. The van der Waals surface area contributed by atoms with E-state index in [-0.39, 0.29) is 5.41 Å². The third kappa shape index (κ3) is 3.54. The maximum Gasteiger partial charge on any atom is 0.232 e. The predicted octanol–water partition coefficient (Wildman–Crippen LogP) is 2.11. The van der Waals surface area contributed by atoms with E-state index in [4.69, 9.17) is 4.52 Å². The van der Waals surface area contributed by atoms with Crippen molar-refractivity contribution in [3.8, 4) is 0 Å². The minimum atomic E-state index is -0.0779. The van der Waals surface area contributed by atoms with Gasteiger partial charge in [0.05, 0.1) is 6.04 Å². The molecule has 5 heteroatoms. The quantitative estimate of drug-likeness (QED) is 0.904. The van der Waals surface area contributed by atoms with Crippen molar-refractivity contribution in [2.75, 3.05) is 26.2 Å². The first-order valence-electron chi connectivity index (χ1n) is 7.31. The molecule has 0 radical (unpaired) electrons. The van der Waals surface area contributed by atoms with Crippen molar-refractivity contribution in [1.29, 1.82) is 0 Å². The van der Waals surface area contributed by atoms with Gasteiger partial charge in [0, 0.05) is 31.6 Å². The summed E-state index contributed by atoms with van der Waals surface area (Å²) < 4.78 is 5.44. The first-order chi connectivity index (χ1) is 9.02. The maximum absolute atomic E-state index is 5.44. The fraction of sp³-hybridized carbons (Fsp3) is 0.857. The second-order valence-corrected chi connectivity index (χ2v) is 6.30. The van der Waals surface area contributed by atoms with Crippen LogP contribution in [0.2, 0.25) is 0 Å². The van der Waals surface area contributed by atoms with Crippen LogP contribution in [-0.4, -0.2) is 41.2 Å². The van der Waals surface area contributed by atoms with Crippen LogP contribution in [0.15, 0.2) is 4.52 Å². The number of aromatic nitrogens is 2. The molecule has 1 saturated heterocycles. The van der Waals surface area contributed by atoms with Crippen molar-refractivity contribution in [2.24, 2.45) is 0 Å². The summed E-state index contributed by atoms with van der Waals surface area (Å²) in [5, 5.41) is 7.62. The topological polar surface area (TPSA) is 54.2 Å². The molecule has 0 aromatic carbocycles. The van der Waals surface area contributed by atoms with E-state index in [2.05, 4.69) is 48.1 Å². The van der Waals surface area contributed by atoms with Gasteiger partial charge in [0.2, 0.25) is 5.89 Å². The van der Waals surface area contributed by atoms with Crippen LogP contribution >= 0.6 is 0 Å². The molecule has 1 aromatic rings. The van der Waals surface area contributed by atoms with Gasteiger partial charge in [-0.3, -0.25) is 4.90 Å². The maximum atomic E-state index is 5.44. The third-order valence-electron chi connectivity index (χ3n) is 3.54. The van der Waals surface area contributed by atoms with E-state index in [9.17, 15) is 0 Å². The van der Waals surface area contributed by atoms with Crippen molar-refractivity contribution in [3.05, 3.63) is 11.7 Å². The van der Waals surface area contributed by atoms with Crippen molar-refractivity contribution < 1.29 is 4.52 Å². The van der Waals surface area contributed by atoms with Crippen molar-refractivity contribution in [2.45, 2.75) is 52.0 Å². The average Bonchev–Trinajstić information content (AvgIpc) is 2.86. The molecule has 0 aliphatic carbocycles. The van der Waals surface area contributed by atoms with Gasteiger partial charge in [0.25, 0.3) is 0 Å². The predicted molar refractivity (Wildman–Crippen MR) is 75.1 cm³/mol. The Morgan fingerprint density at radius 3 is 2.53 bits per heavy atom. The molecule has 0 saturated carbocycles. The van der Waals surface area contributed by atoms with Gasteiger partial charge < -0.3 is 9.84 Å².